The Kier molecular flexibility index (Phi) is 2.77. The van der Waals surface area contributed by atoms with Crippen molar-refractivity contribution in [3.8, 4) is 6.07 Å². The quantitative estimate of drug-likeness (QED) is 0.741. The summed E-state index contributed by atoms with van der Waals surface area (Å²) < 4.78 is 38.6. The van der Waals surface area contributed by atoms with Gasteiger partial charge in [-0.3, -0.25) is 0 Å². The van der Waals surface area contributed by atoms with Gasteiger partial charge in [-0.25, -0.2) is 4.39 Å². The Balaban J connectivity index is 3.05. The lowest BCUT2D eigenvalue weighted by molar-refractivity contribution is -0.0893. The Hall–Kier alpha value is -1.54. The predicted molar refractivity (Wildman–Crippen MR) is 41.9 cm³/mol. The van der Waals surface area contributed by atoms with Crippen molar-refractivity contribution in [2.75, 3.05) is 0 Å². The van der Waals surface area contributed by atoms with Crippen LogP contribution < -0.4 is 0 Å². The van der Waals surface area contributed by atoms with E-state index in [4.69, 9.17) is 10.4 Å². The van der Waals surface area contributed by atoms with E-state index in [1.807, 2.05) is 0 Å². The van der Waals surface area contributed by atoms with Crippen molar-refractivity contribution in [1.29, 1.82) is 5.26 Å². The van der Waals surface area contributed by atoms with Crippen molar-refractivity contribution < 1.29 is 18.3 Å². The van der Waals surface area contributed by atoms with E-state index in [1.54, 1.807) is 0 Å². The van der Waals surface area contributed by atoms with Gasteiger partial charge in [0.2, 0.25) is 6.10 Å². The maximum atomic E-state index is 13.1. The zero-order valence-corrected chi connectivity index (χ0v) is 6.92. The van der Waals surface area contributed by atoms with Crippen LogP contribution in [0.2, 0.25) is 0 Å². The predicted octanol–water partition coefficient (Wildman–Crippen LogP) is 1.80. The van der Waals surface area contributed by atoms with Crippen LogP contribution in [0.15, 0.2) is 24.3 Å². The monoisotopic (exact) mass is 201 g/mol. The van der Waals surface area contributed by atoms with Crippen LogP contribution in [0, 0.1) is 17.1 Å². The van der Waals surface area contributed by atoms with Gasteiger partial charge in [-0.05, 0) is 24.3 Å². The molecule has 0 aliphatic carbocycles. The van der Waals surface area contributed by atoms with Crippen molar-refractivity contribution in [3.05, 3.63) is 35.6 Å². The van der Waals surface area contributed by atoms with Gasteiger partial charge >= 0.3 is 5.92 Å². The molecule has 0 aromatic heterocycles. The first-order valence-corrected chi connectivity index (χ1v) is 3.70. The smallest absolute Gasteiger partial charge is 0.311 e. The van der Waals surface area contributed by atoms with Gasteiger partial charge in [-0.1, -0.05) is 0 Å². The molecule has 0 aliphatic heterocycles. The Labute approximate surface area is 78.2 Å². The summed E-state index contributed by atoms with van der Waals surface area (Å²) >= 11 is 0. The third kappa shape index (κ3) is 1.86. The maximum Gasteiger partial charge on any atom is 0.311 e. The molecule has 74 valence electrons. The lowest BCUT2D eigenvalue weighted by atomic mass is 10.0. The molecule has 2 nitrogen and oxygen atoms in total. The second kappa shape index (κ2) is 3.68. The number of hydrogen-bond acceptors (Lipinski definition) is 2. The molecule has 1 rings (SSSR count). The highest BCUT2D eigenvalue weighted by Gasteiger charge is 2.40. The fourth-order valence-electron chi connectivity index (χ4n) is 0.911. The fraction of sp³-hybridized carbons (Fsp3) is 0.222. The van der Waals surface area contributed by atoms with Gasteiger partial charge in [0, 0.05) is 5.56 Å². The van der Waals surface area contributed by atoms with E-state index in [-0.39, 0.29) is 0 Å². The minimum absolute atomic E-state index is 0.590. The molecule has 0 aliphatic rings. The van der Waals surface area contributed by atoms with Gasteiger partial charge in [0.1, 0.15) is 11.9 Å². The summed E-state index contributed by atoms with van der Waals surface area (Å²) in [5, 5.41) is 16.8. The highest BCUT2D eigenvalue weighted by atomic mass is 19.3. The van der Waals surface area contributed by atoms with Gasteiger partial charge < -0.3 is 5.11 Å². The summed E-state index contributed by atoms with van der Waals surface area (Å²) in [5.41, 5.74) is -0.590. The van der Waals surface area contributed by atoms with E-state index in [1.165, 1.54) is 0 Å². The largest absolute Gasteiger partial charge is 0.373 e. The summed E-state index contributed by atoms with van der Waals surface area (Å²) in [6.45, 7) is 0. The van der Waals surface area contributed by atoms with Crippen LogP contribution in [0.4, 0.5) is 13.2 Å². The topological polar surface area (TPSA) is 44.0 Å². The standard InChI is InChI=1S/C9H6F3NO/c10-7-3-1-6(2-4-7)9(11,12)8(14)5-13/h1-4,8,14H. The van der Waals surface area contributed by atoms with Crippen molar-refractivity contribution >= 4 is 0 Å². The van der Waals surface area contributed by atoms with Crippen LogP contribution in [-0.4, -0.2) is 11.2 Å². The SMILES string of the molecule is N#CC(O)C(F)(F)c1ccc(F)cc1. The molecule has 0 radical (unpaired) electrons. The molecule has 1 aromatic carbocycles. The molecule has 14 heavy (non-hydrogen) atoms. The first-order chi connectivity index (χ1) is 6.48. The number of nitriles is 1. The molecule has 0 saturated heterocycles. The van der Waals surface area contributed by atoms with E-state index in [0.29, 0.717) is 0 Å². The third-order valence-corrected chi connectivity index (χ3v) is 1.69. The number of aliphatic hydroxyl groups is 1. The average Bonchev–Trinajstić information content (AvgIpc) is 2.17. The van der Waals surface area contributed by atoms with Crippen molar-refractivity contribution in [2.24, 2.45) is 0 Å². The first-order valence-electron chi connectivity index (χ1n) is 3.70. The van der Waals surface area contributed by atoms with Gasteiger partial charge in [-0.15, -0.1) is 0 Å². The van der Waals surface area contributed by atoms with Crippen LogP contribution in [0.25, 0.3) is 0 Å². The van der Waals surface area contributed by atoms with Gasteiger partial charge in [0.05, 0.1) is 0 Å². The van der Waals surface area contributed by atoms with Crippen LogP contribution in [-0.2, 0) is 5.92 Å². The molecule has 0 amide bonds. The van der Waals surface area contributed by atoms with Gasteiger partial charge in [0.25, 0.3) is 0 Å². The van der Waals surface area contributed by atoms with Crippen molar-refractivity contribution in [1.82, 2.24) is 0 Å². The number of rotatable bonds is 2. The zero-order valence-electron chi connectivity index (χ0n) is 6.92. The van der Waals surface area contributed by atoms with E-state index in [9.17, 15) is 13.2 Å². The van der Waals surface area contributed by atoms with E-state index >= 15 is 0 Å². The summed E-state index contributed by atoms with van der Waals surface area (Å²) in [7, 11) is 0. The van der Waals surface area contributed by atoms with Crippen molar-refractivity contribution in [2.45, 2.75) is 12.0 Å². The molecule has 0 bridgehead atoms. The van der Waals surface area contributed by atoms with E-state index < -0.39 is 23.4 Å². The minimum Gasteiger partial charge on any atom is -0.373 e. The Morgan fingerprint density at radius 3 is 2.21 bits per heavy atom. The first kappa shape index (κ1) is 10.5. The molecule has 0 fully saturated rings. The normalized spacial score (nSPS) is 13.4. The van der Waals surface area contributed by atoms with Crippen LogP contribution in [0.3, 0.4) is 0 Å². The zero-order chi connectivity index (χ0) is 10.8. The van der Waals surface area contributed by atoms with E-state index in [0.717, 1.165) is 30.3 Å². The molecule has 0 heterocycles. The van der Waals surface area contributed by atoms with Crippen LogP contribution in [0.1, 0.15) is 5.56 Å². The average molecular weight is 201 g/mol. The fourth-order valence-corrected chi connectivity index (χ4v) is 0.911. The molecule has 1 atom stereocenters. The number of hydrogen-bond donors (Lipinski definition) is 1. The lowest BCUT2D eigenvalue weighted by Crippen LogP contribution is -2.29. The summed E-state index contributed by atoms with van der Waals surface area (Å²) in [5.74, 6) is -4.33. The number of halogens is 3. The molecule has 1 unspecified atom stereocenters. The van der Waals surface area contributed by atoms with Gasteiger partial charge in [-0.2, -0.15) is 14.0 Å². The van der Waals surface area contributed by atoms with Crippen molar-refractivity contribution in [3.63, 3.8) is 0 Å². The summed E-state index contributed by atoms with van der Waals surface area (Å²) in [6.07, 6.45) is -2.42. The maximum absolute atomic E-state index is 13.1. The molecular weight excluding hydrogens is 195 g/mol. The molecular formula is C9H6F3NO. The summed E-state index contributed by atoms with van der Waals surface area (Å²) in [4.78, 5) is 0. The molecule has 5 heteroatoms. The third-order valence-electron chi connectivity index (χ3n) is 1.69. The second-order valence-electron chi connectivity index (χ2n) is 2.66. The van der Waals surface area contributed by atoms with Gasteiger partial charge in [0.15, 0.2) is 0 Å². The number of aliphatic hydroxyl groups excluding tert-OH is 1. The Morgan fingerprint density at radius 2 is 1.79 bits per heavy atom. The molecule has 1 N–H and O–H groups in total. The summed E-state index contributed by atoms with van der Waals surface area (Å²) in [6, 6.07) is 4.37. The molecule has 0 spiro atoms. The highest BCUT2D eigenvalue weighted by Crippen LogP contribution is 2.31. The minimum atomic E-state index is -3.68. The highest BCUT2D eigenvalue weighted by molar-refractivity contribution is 5.23. The second-order valence-corrected chi connectivity index (χ2v) is 2.66. The number of benzene rings is 1. The Bertz CT molecular complexity index is 355. The Morgan fingerprint density at radius 1 is 1.29 bits per heavy atom. The lowest BCUT2D eigenvalue weighted by Gasteiger charge is -2.17. The number of alkyl halides is 2. The molecule has 1 aromatic rings. The number of nitrogens with zero attached hydrogens (tertiary/aromatic N) is 1. The van der Waals surface area contributed by atoms with Crippen LogP contribution in [0.5, 0.6) is 0 Å². The van der Waals surface area contributed by atoms with Crippen LogP contribution >= 0.6 is 0 Å². The molecule has 0 saturated carbocycles. The van der Waals surface area contributed by atoms with E-state index in [2.05, 4.69) is 0 Å².